The lowest BCUT2D eigenvalue weighted by Crippen LogP contribution is -2.29. The molecule has 1 saturated heterocycles. The Morgan fingerprint density at radius 2 is 1.94 bits per heavy atom. The maximum atomic E-state index is 11.8. The second-order valence-corrected chi connectivity index (χ2v) is 3.35. The van der Waals surface area contributed by atoms with Crippen LogP contribution in [0.2, 0.25) is 0 Å². The number of amides is 1. The van der Waals surface area contributed by atoms with Crippen LogP contribution in [-0.2, 0) is 0 Å². The summed E-state index contributed by atoms with van der Waals surface area (Å²) in [4.78, 5) is 13.6. The molecule has 1 fully saturated rings. The Balaban J connectivity index is 0.000000606. The Hall–Kier alpha value is -1.55. The fourth-order valence-corrected chi connectivity index (χ4v) is 1.49. The van der Waals surface area contributed by atoms with Crippen LogP contribution in [0.3, 0.4) is 0 Å². The van der Waals surface area contributed by atoms with Gasteiger partial charge < -0.3 is 10.6 Å². The summed E-state index contributed by atoms with van der Waals surface area (Å²) in [6, 6.07) is 7.01. The van der Waals surface area contributed by atoms with Crippen LogP contribution in [0.15, 0.2) is 24.3 Å². The van der Waals surface area contributed by atoms with E-state index < -0.39 is 0 Å². The number of carbonyl (C=O) groups is 1. The highest BCUT2D eigenvalue weighted by molar-refractivity contribution is 5.94. The number of carbonyl (C=O) groups excluding carboxylic acids is 1. The van der Waals surface area contributed by atoms with Crippen LogP contribution in [-0.4, -0.2) is 30.6 Å². The van der Waals surface area contributed by atoms with Gasteiger partial charge in [0.15, 0.2) is 0 Å². The number of anilines is 1. The summed E-state index contributed by atoms with van der Waals surface area (Å²) in [5, 5.41) is 3.11. The monoisotopic (exact) mass is 221 g/mol. The maximum absolute atomic E-state index is 11.8. The largest absolute Gasteiger partial charge is 0.399 e. The van der Waals surface area contributed by atoms with E-state index in [1.54, 1.807) is 29.2 Å². The van der Waals surface area contributed by atoms with E-state index in [9.17, 15) is 4.79 Å². The van der Waals surface area contributed by atoms with Crippen molar-refractivity contribution in [1.82, 2.24) is 10.2 Å². The van der Waals surface area contributed by atoms with Gasteiger partial charge in [-0.05, 0) is 24.3 Å². The van der Waals surface area contributed by atoms with Gasteiger partial charge in [0, 0.05) is 24.3 Å². The topological polar surface area (TPSA) is 58.4 Å². The third-order valence-electron chi connectivity index (χ3n) is 2.31. The van der Waals surface area contributed by atoms with Crippen molar-refractivity contribution < 1.29 is 4.79 Å². The quantitative estimate of drug-likeness (QED) is 0.703. The van der Waals surface area contributed by atoms with E-state index in [0.717, 1.165) is 13.1 Å². The number of rotatable bonds is 1. The van der Waals surface area contributed by atoms with Crippen LogP contribution in [0.25, 0.3) is 0 Å². The molecule has 1 aliphatic heterocycles. The van der Waals surface area contributed by atoms with Gasteiger partial charge in [-0.25, -0.2) is 0 Å². The van der Waals surface area contributed by atoms with Gasteiger partial charge in [0.2, 0.25) is 0 Å². The van der Waals surface area contributed by atoms with Gasteiger partial charge in [-0.2, -0.15) is 0 Å². The molecule has 3 N–H and O–H groups in total. The lowest BCUT2D eigenvalue weighted by molar-refractivity contribution is 0.0791. The van der Waals surface area contributed by atoms with E-state index in [4.69, 9.17) is 5.73 Å². The zero-order chi connectivity index (χ0) is 12.0. The zero-order valence-electron chi connectivity index (χ0n) is 9.86. The number of hydrogen-bond acceptors (Lipinski definition) is 3. The van der Waals surface area contributed by atoms with Crippen molar-refractivity contribution >= 4 is 11.6 Å². The summed E-state index contributed by atoms with van der Waals surface area (Å²) in [7, 11) is 0. The smallest absolute Gasteiger partial charge is 0.254 e. The molecule has 0 atom stereocenters. The minimum Gasteiger partial charge on any atom is -0.399 e. The number of hydrogen-bond donors (Lipinski definition) is 2. The highest BCUT2D eigenvalue weighted by Crippen LogP contribution is 2.09. The van der Waals surface area contributed by atoms with E-state index in [-0.39, 0.29) is 5.91 Å². The summed E-state index contributed by atoms with van der Waals surface area (Å²) in [5.74, 6) is 0.0648. The average Bonchev–Trinajstić information content (AvgIpc) is 2.85. The third-order valence-corrected chi connectivity index (χ3v) is 2.31. The normalized spacial score (nSPS) is 14.2. The van der Waals surface area contributed by atoms with Gasteiger partial charge >= 0.3 is 0 Å². The second kappa shape index (κ2) is 6.12. The van der Waals surface area contributed by atoms with Gasteiger partial charge in [-0.1, -0.05) is 13.8 Å². The van der Waals surface area contributed by atoms with E-state index in [2.05, 4.69) is 5.32 Å². The number of nitrogens with one attached hydrogen (secondary N) is 1. The molecule has 1 aromatic rings. The van der Waals surface area contributed by atoms with Crippen molar-refractivity contribution in [2.24, 2.45) is 0 Å². The Morgan fingerprint density at radius 1 is 1.31 bits per heavy atom. The number of benzene rings is 1. The van der Waals surface area contributed by atoms with Crippen molar-refractivity contribution in [2.45, 2.75) is 13.8 Å². The first kappa shape index (κ1) is 12.5. The molecular formula is C12H19N3O. The zero-order valence-corrected chi connectivity index (χ0v) is 9.86. The molecule has 1 amide bonds. The Labute approximate surface area is 96.4 Å². The first-order chi connectivity index (χ1) is 7.77. The highest BCUT2D eigenvalue weighted by Gasteiger charge is 2.18. The van der Waals surface area contributed by atoms with Crippen molar-refractivity contribution in [3.63, 3.8) is 0 Å². The molecule has 0 saturated carbocycles. The summed E-state index contributed by atoms with van der Waals surface area (Å²) in [6.07, 6.45) is 0. The van der Waals surface area contributed by atoms with E-state index >= 15 is 0 Å². The Bertz CT molecular complexity index is 329. The number of nitrogens with two attached hydrogens (primary N) is 1. The molecular weight excluding hydrogens is 202 g/mol. The molecule has 1 heterocycles. The Morgan fingerprint density at radius 3 is 2.44 bits per heavy atom. The predicted octanol–water partition coefficient (Wildman–Crippen LogP) is 1.30. The lowest BCUT2D eigenvalue weighted by Gasteiger charge is -2.14. The third kappa shape index (κ3) is 2.97. The van der Waals surface area contributed by atoms with Crippen LogP contribution in [0, 0.1) is 0 Å². The molecule has 0 aromatic heterocycles. The fraction of sp³-hybridized carbons (Fsp3) is 0.417. The van der Waals surface area contributed by atoms with Crippen LogP contribution < -0.4 is 11.1 Å². The summed E-state index contributed by atoms with van der Waals surface area (Å²) in [6.45, 7) is 6.30. The molecule has 0 bridgehead atoms. The van der Waals surface area contributed by atoms with Crippen LogP contribution in [0.1, 0.15) is 24.2 Å². The number of nitrogens with zero attached hydrogens (tertiary/aromatic N) is 1. The minimum atomic E-state index is 0.0648. The molecule has 2 rings (SSSR count). The lowest BCUT2D eigenvalue weighted by atomic mass is 10.2. The van der Waals surface area contributed by atoms with Gasteiger partial charge in [-0.3, -0.25) is 10.1 Å². The van der Waals surface area contributed by atoms with Crippen molar-refractivity contribution in [3.05, 3.63) is 29.8 Å². The van der Waals surface area contributed by atoms with E-state index in [0.29, 0.717) is 17.9 Å². The van der Waals surface area contributed by atoms with Gasteiger partial charge in [0.05, 0.1) is 6.67 Å². The SMILES string of the molecule is CC.Nc1ccc(C(=O)N2CCNC2)cc1. The first-order valence-corrected chi connectivity index (χ1v) is 5.63. The van der Waals surface area contributed by atoms with Crippen molar-refractivity contribution in [3.8, 4) is 0 Å². The van der Waals surface area contributed by atoms with Crippen molar-refractivity contribution in [1.29, 1.82) is 0 Å². The molecule has 0 radical (unpaired) electrons. The summed E-state index contributed by atoms with van der Waals surface area (Å²) < 4.78 is 0. The van der Waals surface area contributed by atoms with E-state index in [1.165, 1.54) is 0 Å². The summed E-state index contributed by atoms with van der Waals surface area (Å²) in [5.41, 5.74) is 6.92. The summed E-state index contributed by atoms with van der Waals surface area (Å²) >= 11 is 0. The van der Waals surface area contributed by atoms with Crippen LogP contribution in [0.4, 0.5) is 5.69 Å². The number of nitrogen functional groups attached to an aromatic ring is 1. The van der Waals surface area contributed by atoms with Crippen LogP contribution >= 0.6 is 0 Å². The molecule has 1 aromatic carbocycles. The van der Waals surface area contributed by atoms with Crippen LogP contribution in [0.5, 0.6) is 0 Å². The standard InChI is InChI=1S/C10H13N3O.C2H6/c11-9-3-1-8(2-4-9)10(14)13-6-5-12-7-13;1-2/h1-4,12H,5-7,11H2;1-2H3. The molecule has 0 aliphatic carbocycles. The molecule has 16 heavy (non-hydrogen) atoms. The molecule has 0 spiro atoms. The van der Waals surface area contributed by atoms with Crippen molar-refractivity contribution in [2.75, 3.05) is 25.5 Å². The fourth-order valence-electron chi connectivity index (χ4n) is 1.49. The average molecular weight is 221 g/mol. The predicted molar refractivity (Wildman–Crippen MR) is 66.1 cm³/mol. The molecule has 4 heteroatoms. The minimum absolute atomic E-state index is 0.0648. The maximum Gasteiger partial charge on any atom is 0.254 e. The molecule has 0 unspecified atom stereocenters. The van der Waals surface area contributed by atoms with E-state index in [1.807, 2.05) is 13.8 Å². The molecule has 88 valence electrons. The molecule has 1 aliphatic rings. The Kier molecular flexibility index (Phi) is 4.79. The van der Waals surface area contributed by atoms with Gasteiger partial charge in [0.25, 0.3) is 5.91 Å². The second-order valence-electron chi connectivity index (χ2n) is 3.35. The molecule has 4 nitrogen and oxygen atoms in total. The highest BCUT2D eigenvalue weighted by atomic mass is 16.2. The van der Waals surface area contributed by atoms with Gasteiger partial charge in [0.1, 0.15) is 0 Å². The van der Waals surface area contributed by atoms with Gasteiger partial charge in [-0.15, -0.1) is 0 Å². The first-order valence-electron chi connectivity index (χ1n) is 5.63.